The number of carbonyl (C=O) groups is 2. The summed E-state index contributed by atoms with van der Waals surface area (Å²) in [5.74, 6) is 0.317. The number of amides is 1. The summed E-state index contributed by atoms with van der Waals surface area (Å²) in [5.41, 5.74) is 3.71. The topological polar surface area (TPSA) is 88.3 Å². The zero-order chi connectivity index (χ0) is 24.6. The molecule has 1 heterocycles. The fourth-order valence-electron chi connectivity index (χ4n) is 3.53. The van der Waals surface area contributed by atoms with Gasteiger partial charge in [0.05, 0.1) is 5.75 Å². The quantitative estimate of drug-likeness (QED) is 0.223. The summed E-state index contributed by atoms with van der Waals surface area (Å²) in [6, 6.07) is 23.8. The highest BCUT2D eigenvalue weighted by molar-refractivity contribution is 7.99. The molecule has 0 aliphatic carbocycles. The number of hydrogen-bond donors (Lipinski definition) is 1. The van der Waals surface area contributed by atoms with Gasteiger partial charge in [-0.05, 0) is 74.5 Å². The number of benzene rings is 3. The number of hydrogen-bond acceptors (Lipinski definition) is 7. The lowest BCUT2D eigenvalue weighted by Gasteiger charge is -2.20. The van der Waals surface area contributed by atoms with Crippen LogP contribution < -0.4 is 10.2 Å². The maximum absolute atomic E-state index is 12.6. The van der Waals surface area contributed by atoms with Gasteiger partial charge in [-0.3, -0.25) is 9.59 Å². The Morgan fingerprint density at radius 3 is 2.20 bits per heavy atom. The van der Waals surface area contributed by atoms with E-state index in [1.165, 1.54) is 11.8 Å². The van der Waals surface area contributed by atoms with Gasteiger partial charge in [0.15, 0.2) is 5.78 Å². The van der Waals surface area contributed by atoms with Gasteiger partial charge in [0.2, 0.25) is 5.89 Å². The monoisotopic (exact) mass is 486 g/mol. The van der Waals surface area contributed by atoms with Crippen molar-refractivity contribution >= 4 is 34.8 Å². The summed E-state index contributed by atoms with van der Waals surface area (Å²) in [7, 11) is 0. The average molecular weight is 487 g/mol. The highest BCUT2D eigenvalue weighted by Crippen LogP contribution is 2.26. The van der Waals surface area contributed by atoms with Crippen molar-refractivity contribution in [1.82, 2.24) is 10.2 Å². The Bertz CT molecular complexity index is 1270. The van der Waals surface area contributed by atoms with Crippen molar-refractivity contribution < 1.29 is 14.0 Å². The van der Waals surface area contributed by atoms with E-state index in [1.807, 2.05) is 42.5 Å². The molecule has 0 fully saturated rings. The molecule has 8 heteroatoms. The van der Waals surface area contributed by atoms with Crippen LogP contribution in [0.25, 0.3) is 11.5 Å². The van der Waals surface area contributed by atoms with Crippen LogP contribution >= 0.6 is 11.8 Å². The van der Waals surface area contributed by atoms with Crippen molar-refractivity contribution in [2.45, 2.75) is 19.1 Å². The third kappa shape index (κ3) is 6.16. The third-order valence-corrected chi connectivity index (χ3v) is 6.30. The van der Waals surface area contributed by atoms with E-state index in [9.17, 15) is 9.59 Å². The molecule has 3 aromatic carbocycles. The van der Waals surface area contributed by atoms with E-state index < -0.39 is 0 Å². The minimum absolute atomic E-state index is 0.0701. The van der Waals surface area contributed by atoms with Crippen LogP contribution in [0.4, 0.5) is 11.4 Å². The summed E-state index contributed by atoms with van der Waals surface area (Å²) >= 11 is 1.20. The molecule has 4 aromatic rings. The van der Waals surface area contributed by atoms with Crippen LogP contribution in [0.15, 0.2) is 88.5 Å². The van der Waals surface area contributed by atoms with Gasteiger partial charge in [-0.15, -0.1) is 10.2 Å². The summed E-state index contributed by atoms with van der Waals surface area (Å²) in [5, 5.41) is 11.3. The molecule has 0 bridgehead atoms. The summed E-state index contributed by atoms with van der Waals surface area (Å²) in [6.07, 6.45) is 0. The highest BCUT2D eigenvalue weighted by Gasteiger charge is 2.13. The van der Waals surface area contributed by atoms with Gasteiger partial charge in [0.25, 0.3) is 11.1 Å². The maximum Gasteiger partial charge on any atom is 0.277 e. The van der Waals surface area contributed by atoms with E-state index >= 15 is 0 Å². The Balaban J connectivity index is 1.31. The molecular weight excluding hydrogens is 460 g/mol. The van der Waals surface area contributed by atoms with Crippen molar-refractivity contribution in [3.8, 4) is 11.5 Å². The summed E-state index contributed by atoms with van der Waals surface area (Å²) < 4.78 is 5.74. The largest absolute Gasteiger partial charge is 0.411 e. The molecule has 1 aromatic heterocycles. The van der Waals surface area contributed by atoms with Crippen molar-refractivity contribution in [2.75, 3.05) is 29.1 Å². The summed E-state index contributed by atoms with van der Waals surface area (Å²) in [4.78, 5) is 27.1. The van der Waals surface area contributed by atoms with E-state index in [2.05, 4.69) is 34.3 Å². The van der Waals surface area contributed by atoms with E-state index in [4.69, 9.17) is 4.42 Å². The normalized spacial score (nSPS) is 10.7. The lowest BCUT2D eigenvalue weighted by molar-refractivity contribution is 0.101. The van der Waals surface area contributed by atoms with E-state index in [1.54, 1.807) is 36.4 Å². The van der Waals surface area contributed by atoms with Crippen LogP contribution in [-0.4, -0.2) is 40.7 Å². The Labute approximate surface area is 208 Å². The van der Waals surface area contributed by atoms with E-state index in [0.717, 1.165) is 24.3 Å². The number of thioether (sulfide) groups is 1. The van der Waals surface area contributed by atoms with Crippen LogP contribution in [0.1, 0.15) is 34.6 Å². The number of nitrogens with zero attached hydrogens (tertiary/aromatic N) is 3. The minimum atomic E-state index is -0.199. The first-order valence-electron chi connectivity index (χ1n) is 11.4. The number of nitrogens with one attached hydrogen (secondary N) is 1. The number of rotatable bonds is 10. The number of aromatic nitrogens is 2. The predicted molar refractivity (Wildman–Crippen MR) is 139 cm³/mol. The smallest absolute Gasteiger partial charge is 0.277 e. The van der Waals surface area contributed by atoms with Crippen LogP contribution in [0.3, 0.4) is 0 Å². The molecule has 178 valence electrons. The zero-order valence-corrected chi connectivity index (χ0v) is 20.4. The van der Waals surface area contributed by atoms with Gasteiger partial charge >= 0.3 is 0 Å². The average Bonchev–Trinajstić information content (AvgIpc) is 3.38. The number of carbonyl (C=O) groups excluding carboxylic acids is 2. The Hall–Kier alpha value is -3.91. The van der Waals surface area contributed by atoms with E-state index in [-0.39, 0.29) is 17.4 Å². The molecule has 4 rings (SSSR count). The molecule has 0 spiro atoms. The van der Waals surface area contributed by atoms with Gasteiger partial charge in [-0.2, -0.15) is 0 Å². The molecule has 0 unspecified atom stereocenters. The fraction of sp³-hybridized carbons (Fsp3) is 0.185. The molecule has 35 heavy (non-hydrogen) atoms. The van der Waals surface area contributed by atoms with Crippen LogP contribution in [0.5, 0.6) is 0 Å². The fourth-order valence-corrected chi connectivity index (χ4v) is 4.19. The van der Waals surface area contributed by atoms with Gasteiger partial charge < -0.3 is 14.6 Å². The molecule has 0 aliphatic heterocycles. The number of anilines is 2. The molecule has 0 atom stereocenters. The van der Waals surface area contributed by atoms with Crippen LogP contribution in [0, 0.1) is 0 Å². The number of ketones is 1. The maximum atomic E-state index is 12.6. The molecule has 7 nitrogen and oxygen atoms in total. The van der Waals surface area contributed by atoms with Crippen molar-refractivity contribution in [3.63, 3.8) is 0 Å². The van der Waals surface area contributed by atoms with Crippen molar-refractivity contribution in [1.29, 1.82) is 0 Å². The molecule has 0 aliphatic rings. The SMILES string of the molecule is CCN(CC)c1ccc(-c2nnc(SCC(=O)c3ccc(NC(=O)c4ccccc4)cc3)o2)cc1. The lowest BCUT2D eigenvalue weighted by Crippen LogP contribution is -2.21. The number of Topliss-reactive ketones (excluding diaryl/α,β-unsaturated/α-hetero) is 1. The van der Waals surface area contributed by atoms with Crippen molar-refractivity contribution in [3.05, 3.63) is 90.0 Å². The standard InChI is InChI=1S/C27H26N4O3S/c1-3-31(4-2)23-16-12-21(13-17-23)26-29-30-27(34-26)35-18-24(32)19-10-14-22(15-11-19)28-25(33)20-8-6-5-7-9-20/h5-17H,3-4,18H2,1-2H3,(H,28,33). The van der Waals surface area contributed by atoms with Crippen LogP contribution in [0.2, 0.25) is 0 Å². The second kappa shape index (κ2) is 11.5. The first-order valence-corrected chi connectivity index (χ1v) is 12.4. The summed E-state index contributed by atoms with van der Waals surface area (Å²) in [6.45, 7) is 6.13. The molecule has 0 saturated heterocycles. The highest BCUT2D eigenvalue weighted by atomic mass is 32.2. The van der Waals surface area contributed by atoms with Crippen molar-refractivity contribution in [2.24, 2.45) is 0 Å². The first-order chi connectivity index (χ1) is 17.1. The third-order valence-electron chi connectivity index (χ3n) is 5.48. The molecule has 0 saturated carbocycles. The second-order valence-electron chi connectivity index (χ2n) is 7.70. The molecule has 0 radical (unpaired) electrons. The van der Waals surface area contributed by atoms with E-state index in [0.29, 0.717) is 27.9 Å². The zero-order valence-electron chi connectivity index (χ0n) is 19.6. The Kier molecular flexibility index (Phi) is 7.95. The second-order valence-corrected chi connectivity index (χ2v) is 8.63. The van der Waals surface area contributed by atoms with Gasteiger partial charge in [-0.1, -0.05) is 30.0 Å². The predicted octanol–water partition coefficient (Wildman–Crippen LogP) is 5.81. The minimum Gasteiger partial charge on any atom is -0.411 e. The molecular formula is C27H26N4O3S. The van der Waals surface area contributed by atoms with Gasteiger partial charge in [-0.25, -0.2) is 0 Å². The van der Waals surface area contributed by atoms with Gasteiger partial charge in [0, 0.05) is 41.2 Å². The van der Waals surface area contributed by atoms with Gasteiger partial charge in [0.1, 0.15) is 0 Å². The lowest BCUT2D eigenvalue weighted by atomic mass is 10.1. The van der Waals surface area contributed by atoms with Crippen LogP contribution in [-0.2, 0) is 0 Å². The Morgan fingerprint density at radius 1 is 0.857 bits per heavy atom. The Morgan fingerprint density at radius 2 is 1.54 bits per heavy atom. The first kappa shape index (κ1) is 24.2. The molecule has 1 amide bonds. The molecule has 1 N–H and O–H groups in total.